The summed E-state index contributed by atoms with van der Waals surface area (Å²) in [4.78, 5) is 37.4. The zero-order valence-corrected chi connectivity index (χ0v) is 16.0. The number of amides is 3. The van der Waals surface area contributed by atoms with Crippen molar-refractivity contribution < 1.29 is 36.3 Å². The third-order valence-corrected chi connectivity index (χ3v) is 5.35. The number of halogens is 6. The molecule has 3 amide bonds. The maximum atomic E-state index is 13.9. The standard InChI is InChI=1S/C17H17ClF5N3O3/c1-7(17(21,22)23)25-14(28)15(29)26-4-3-9(13(24)27)16(26,2)8-5-10(18)12(20)11(19)6-8/h5-7,9H,3-4H2,1-2H3,(H2,24,27)(H,25,28)/t7-,9?,16?/m1/s1. The summed E-state index contributed by atoms with van der Waals surface area (Å²) < 4.78 is 65.5. The van der Waals surface area contributed by atoms with E-state index in [4.69, 9.17) is 17.3 Å². The van der Waals surface area contributed by atoms with Crippen molar-refractivity contribution in [2.75, 3.05) is 6.54 Å². The van der Waals surface area contributed by atoms with E-state index in [2.05, 4.69) is 0 Å². The number of nitrogens with zero attached hydrogens (tertiary/aromatic N) is 1. The summed E-state index contributed by atoms with van der Waals surface area (Å²) in [6.07, 6.45) is -4.83. The van der Waals surface area contributed by atoms with Crippen LogP contribution in [0.1, 0.15) is 25.8 Å². The van der Waals surface area contributed by atoms with Crippen molar-refractivity contribution in [3.63, 3.8) is 0 Å². The van der Waals surface area contributed by atoms with Gasteiger partial charge in [-0.2, -0.15) is 13.2 Å². The zero-order chi connectivity index (χ0) is 22.3. The van der Waals surface area contributed by atoms with E-state index in [1.54, 1.807) is 0 Å². The zero-order valence-electron chi connectivity index (χ0n) is 15.2. The fourth-order valence-electron chi connectivity index (χ4n) is 3.36. The van der Waals surface area contributed by atoms with Gasteiger partial charge in [0, 0.05) is 6.54 Å². The van der Waals surface area contributed by atoms with Crippen LogP contribution in [0.3, 0.4) is 0 Å². The minimum absolute atomic E-state index is 0.0453. The topological polar surface area (TPSA) is 92.5 Å². The molecule has 6 nitrogen and oxygen atoms in total. The van der Waals surface area contributed by atoms with Crippen LogP contribution in [0.5, 0.6) is 0 Å². The van der Waals surface area contributed by atoms with Gasteiger partial charge in [0.05, 0.1) is 16.5 Å². The molecule has 1 aromatic rings. The highest BCUT2D eigenvalue weighted by Crippen LogP contribution is 2.44. The largest absolute Gasteiger partial charge is 0.408 e. The first-order valence-corrected chi connectivity index (χ1v) is 8.72. The maximum Gasteiger partial charge on any atom is 0.408 e. The normalized spacial score (nSPS) is 23.0. The first-order chi connectivity index (χ1) is 13.2. The number of hydrogen-bond donors (Lipinski definition) is 2. The number of alkyl halides is 3. The monoisotopic (exact) mass is 441 g/mol. The van der Waals surface area contributed by atoms with Crippen LogP contribution in [0.15, 0.2) is 12.1 Å². The van der Waals surface area contributed by atoms with Gasteiger partial charge in [0.25, 0.3) is 0 Å². The summed E-state index contributed by atoms with van der Waals surface area (Å²) in [5, 5.41) is 0.890. The van der Waals surface area contributed by atoms with Crippen LogP contribution in [0.4, 0.5) is 22.0 Å². The predicted octanol–water partition coefficient (Wildman–Crippen LogP) is 2.23. The van der Waals surface area contributed by atoms with E-state index < -0.39 is 58.1 Å². The lowest BCUT2D eigenvalue weighted by Gasteiger charge is -2.38. The summed E-state index contributed by atoms with van der Waals surface area (Å²) in [7, 11) is 0. The van der Waals surface area contributed by atoms with Crippen molar-refractivity contribution in [2.24, 2.45) is 11.7 Å². The average molecular weight is 442 g/mol. The first-order valence-electron chi connectivity index (χ1n) is 8.34. The quantitative estimate of drug-likeness (QED) is 0.428. The fraction of sp³-hybridized carbons (Fsp3) is 0.471. The number of benzene rings is 1. The highest BCUT2D eigenvalue weighted by molar-refractivity contribution is 6.35. The van der Waals surface area contributed by atoms with Crippen molar-refractivity contribution in [3.05, 3.63) is 34.4 Å². The van der Waals surface area contributed by atoms with Gasteiger partial charge in [-0.25, -0.2) is 8.78 Å². The van der Waals surface area contributed by atoms with Gasteiger partial charge < -0.3 is 16.0 Å². The Balaban J connectivity index is 2.47. The smallest absolute Gasteiger partial charge is 0.369 e. The Bertz CT molecular complexity index is 840. The van der Waals surface area contributed by atoms with Crippen molar-refractivity contribution in [1.29, 1.82) is 0 Å². The van der Waals surface area contributed by atoms with Gasteiger partial charge in [0.2, 0.25) is 5.91 Å². The molecule has 3 atom stereocenters. The molecule has 29 heavy (non-hydrogen) atoms. The lowest BCUT2D eigenvalue weighted by Crippen LogP contribution is -2.55. The molecule has 0 radical (unpaired) electrons. The van der Waals surface area contributed by atoms with Gasteiger partial charge in [-0.15, -0.1) is 0 Å². The molecule has 2 unspecified atom stereocenters. The van der Waals surface area contributed by atoms with E-state index in [-0.39, 0.29) is 18.5 Å². The van der Waals surface area contributed by atoms with Gasteiger partial charge in [0.15, 0.2) is 11.6 Å². The lowest BCUT2D eigenvalue weighted by atomic mass is 9.79. The Kier molecular flexibility index (Phi) is 6.12. The summed E-state index contributed by atoms with van der Waals surface area (Å²) in [5.74, 6) is -7.70. The van der Waals surface area contributed by atoms with Gasteiger partial charge in [-0.1, -0.05) is 11.6 Å². The molecule has 1 aliphatic heterocycles. The van der Waals surface area contributed by atoms with E-state index in [1.807, 2.05) is 0 Å². The molecule has 1 saturated heterocycles. The van der Waals surface area contributed by atoms with Gasteiger partial charge >= 0.3 is 18.0 Å². The van der Waals surface area contributed by atoms with Crippen LogP contribution in [-0.2, 0) is 19.9 Å². The molecule has 12 heteroatoms. The highest BCUT2D eigenvalue weighted by Gasteiger charge is 2.53. The van der Waals surface area contributed by atoms with Crippen LogP contribution < -0.4 is 11.1 Å². The molecule has 1 fully saturated rings. The van der Waals surface area contributed by atoms with Crippen molar-refractivity contribution >= 4 is 29.3 Å². The first kappa shape index (κ1) is 22.9. The lowest BCUT2D eigenvalue weighted by molar-refractivity contribution is -0.163. The number of likely N-dealkylation sites (tertiary alicyclic amines) is 1. The summed E-state index contributed by atoms with van der Waals surface area (Å²) in [6, 6.07) is -0.644. The van der Waals surface area contributed by atoms with E-state index in [0.717, 1.165) is 11.0 Å². The molecule has 1 heterocycles. The predicted molar refractivity (Wildman–Crippen MR) is 91.4 cm³/mol. The number of primary amides is 1. The molecule has 0 saturated carbocycles. The average Bonchev–Trinajstić information content (AvgIpc) is 2.96. The molecule has 0 spiro atoms. The highest BCUT2D eigenvalue weighted by atomic mass is 35.5. The van der Waals surface area contributed by atoms with Crippen LogP contribution in [0.2, 0.25) is 5.02 Å². The number of carbonyl (C=O) groups excluding carboxylic acids is 3. The fourth-order valence-corrected chi connectivity index (χ4v) is 3.57. The third kappa shape index (κ3) is 4.14. The van der Waals surface area contributed by atoms with Gasteiger partial charge in [-0.3, -0.25) is 14.4 Å². The number of rotatable bonds is 3. The Hall–Kier alpha value is -2.43. The second kappa shape index (κ2) is 7.77. The number of nitrogens with two attached hydrogens (primary N) is 1. The number of carbonyl (C=O) groups is 3. The van der Waals surface area contributed by atoms with Gasteiger partial charge in [0.1, 0.15) is 6.04 Å². The van der Waals surface area contributed by atoms with E-state index in [9.17, 15) is 36.3 Å². The molecule has 0 aliphatic carbocycles. The molecular weight excluding hydrogens is 425 g/mol. The van der Waals surface area contributed by atoms with Gasteiger partial charge in [-0.05, 0) is 38.0 Å². The van der Waals surface area contributed by atoms with Crippen molar-refractivity contribution in [3.8, 4) is 0 Å². The summed E-state index contributed by atoms with van der Waals surface area (Å²) >= 11 is 5.66. The van der Waals surface area contributed by atoms with Crippen molar-refractivity contribution in [1.82, 2.24) is 10.2 Å². The second-order valence-corrected chi connectivity index (χ2v) is 7.25. The SMILES string of the molecule is C[C@@H](NC(=O)C(=O)N1CCC(C(N)=O)C1(C)c1cc(F)c(F)c(Cl)c1)C(F)(F)F. The molecule has 2 rings (SSSR count). The summed E-state index contributed by atoms with van der Waals surface area (Å²) in [6.45, 7) is 1.69. The summed E-state index contributed by atoms with van der Waals surface area (Å²) in [5.41, 5.74) is 3.50. The molecule has 0 bridgehead atoms. The molecular formula is C17H17ClF5N3O3. The Morgan fingerprint density at radius 3 is 2.38 bits per heavy atom. The second-order valence-electron chi connectivity index (χ2n) is 6.84. The number of nitrogens with one attached hydrogen (secondary N) is 1. The number of hydrogen-bond acceptors (Lipinski definition) is 3. The van der Waals surface area contributed by atoms with E-state index in [1.165, 1.54) is 12.2 Å². The molecule has 1 aromatic carbocycles. The van der Waals surface area contributed by atoms with E-state index >= 15 is 0 Å². The molecule has 160 valence electrons. The van der Waals surface area contributed by atoms with Crippen LogP contribution >= 0.6 is 11.6 Å². The van der Waals surface area contributed by atoms with Crippen LogP contribution in [0.25, 0.3) is 0 Å². The minimum Gasteiger partial charge on any atom is -0.369 e. The minimum atomic E-state index is -4.78. The molecule has 0 aromatic heterocycles. The third-order valence-electron chi connectivity index (χ3n) is 5.07. The Morgan fingerprint density at radius 2 is 1.90 bits per heavy atom. The van der Waals surface area contributed by atoms with E-state index in [0.29, 0.717) is 13.0 Å². The van der Waals surface area contributed by atoms with Crippen molar-refractivity contribution in [2.45, 2.75) is 38.0 Å². The van der Waals surface area contributed by atoms with Crippen LogP contribution in [-0.4, -0.2) is 41.4 Å². The Morgan fingerprint density at radius 1 is 1.31 bits per heavy atom. The maximum absolute atomic E-state index is 13.9. The molecule has 1 aliphatic rings. The van der Waals surface area contributed by atoms with Crippen LogP contribution in [0, 0.1) is 17.6 Å². The Labute approximate surface area is 167 Å². The molecule has 3 N–H and O–H groups in total.